The van der Waals surface area contributed by atoms with Gasteiger partial charge in [-0.1, -0.05) is 0 Å². The number of hydrogen-bond donors (Lipinski definition) is 0. The Bertz CT molecular complexity index is 647. The van der Waals surface area contributed by atoms with Gasteiger partial charge in [0.25, 0.3) is 0 Å². The van der Waals surface area contributed by atoms with E-state index in [4.69, 9.17) is 4.74 Å². The van der Waals surface area contributed by atoms with E-state index in [1.165, 1.54) is 6.42 Å². The first kappa shape index (κ1) is 18.4. The number of likely N-dealkylation sites (tertiary alicyclic amines) is 1. The molecule has 1 atom stereocenters. The second kappa shape index (κ2) is 7.59. The van der Waals surface area contributed by atoms with Crippen molar-refractivity contribution in [1.82, 2.24) is 24.7 Å². The molecule has 1 aromatic rings. The summed E-state index contributed by atoms with van der Waals surface area (Å²) in [5.41, 5.74) is -0.334. The van der Waals surface area contributed by atoms with Gasteiger partial charge in [-0.3, -0.25) is 4.90 Å². The van der Waals surface area contributed by atoms with Crippen molar-refractivity contribution in [3.8, 4) is 0 Å². The van der Waals surface area contributed by atoms with Gasteiger partial charge in [0.2, 0.25) is 5.95 Å². The molecule has 0 radical (unpaired) electrons. The molecule has 3 fully saturated rings. The van der Waals surface area contributed by atoms with Crippen molar-refractivity contribution < 1.29 is 9.53 Å². The van der Waals surface area contributed by atoms with Gasteiger partial charge in [-0.15, -0.1) is 0 Å². The Balaban J connectivity index is 1.27. The molecule has 1 amide bonds. The average molecular weight is 374 g/mol. The van der Waals surface area contributed by atoms with Crippen molar-refractivity contribution in [3.05, 3.63) is 18.5 Å². The lowest BCUT2D eigenvalue weighted by Gasteiger charge is -2.37. The molecule has 3 saturated heterocycles. The quantitative estimate of drug-likeness (QED) is 0.759. The topological polar surface area (TPSA) is 65.0 Å². The molecule has 8 nitrogen and oxygen atoms in total. The lowest BCUT2D eigenvalue weighted by atomic mass is 9.91. The Kier molecular flexibility index (Phi) is 5.19. The number of carbonyl (C=O) groups excluding carboxylic acids is 1. The van der Waals surface area contributed by atoms with E-state index in [1.807, 2.05) is 11.0 Å². The van der Waals surface area contributed by atoms with Gasteiger partial charge in [-0.05, 0) is 33.1 Å². The Hall–Kier alpha value is -1.93. The van der Waals surface area contributed by atoms with Crippen LogP contribution in [-0.4, -0.2) is 102 Å². The summed E-state index contributed by atoms with van der Waals surface area (Å²) >= 11 is 0. The lowest BCUT2D eigenvalue weighted by Crippen LogP contribution is -2.47. The Morgan fingerprint density at radius 1 is 1.19 bits per heavy atom. The summed E-state index contributed by atoms with van der Waals surface area (Å²) in [6.45, 7) is 6.24. The van der Waals surface area contributed by atoms with E-state index in [0.29, 0.717) is 12.6 Å². The smallest absolute Gasteiger partial charge is 0.410 e. The first-order valence-electron chi connectivity index (χ1n) is 9.93. The maximum absolute atomic E-state index is 12.4. The van der Waals surface area contributed by atoms with Crippen molar-refractivity contribution in [2.24, 2.45) is 0 Å². The standard InChI is InChI=1S/C19H30N6O2/c1-22(2)16-4-9-23(14-16)12-13-25-15-19(27-18(25)26)5-10-24(11-6-19)17-20-7-3-8-21-17/h3,7-8,16H,4-6,9-15H2,1-2H3/t16-/m1/s1. The van der Waals surface area contributed by atoms with Crippen LogP contribution in [0.25, 0.3) is 0 Å². The van der Waals surface area contributed by atoms with Crippen LogP contribution in [0.1, 0.15) is 19.3 Å². The number of hydrogen-bond acceptors (Lipinski definition) is 7. The van der Waals surface area contributed by atoms with Crippen LogP contribution in [-0.2, 0) is 4.74 Å². The van der Waals surface area contributed by atoms with Crippen molar-refractivity contribution in [2.45, 2.75) is 30.9 Å². The van der Waals surface area contributed by atoms with E-state index < -0.39 is 0 Å². The molecule has 0 bridgehead atoms. The second-order valence-electron chi connectivity index (χ2n) is 8.22. The number of amides is 1. The highest BCUT2D eigenvalue weighted by molar-refractivity contribution is 5.70. The van der Waals surface area contributed by atoms with Gasteiger partial charge < -0.3 is 19.4 Å². The van der Waals surface area contributed by atoms with Crippen LogP contribution in [0.5, 0.6) is 0 Å². The molecule has 3 aliphatic rings. The van der Waals surface area contributed by atoms with E-state index in [0.717, 1.165) is 58.1 Å². The number of aromatic nitrogens is 2. The molecule has 8 heteroatoms. The molecule has 0 aliphatic carbocycles. The van der Waals surface area contributed by atoms with E-state index in [2.05, 4.69) is 38.8 Å². The zero-order chi connectivity index (χ0) is 18.9. The summed E-state index contributed by atoms with van der Waals surface area (Å²) in [4.78, 5) is 29.9. The van der Waals surface area contributed by atoms with Gasteiger partial charge >= 0.3 is 6.09 Å². The fourth-order valence-electron chi connectivity index (χ4n) is 4.39. The van der Waals surface area contributed by atoms with Gasteiger partial charge in [0.1, 0.15) is 5.60 Å². The summed E-state index contributed by atoms with van der Waals surface area (Å²) in [6.07, 6.45) is 6.26. The number of rotatable bonds is 5. The van der Waals surface area contributed by atoms with Crippen molar-refractivity contribution in [3.63, 3.8) is 0 Å². The first-order chi connectivity index (χ1) is 13.0. The van der Waals surface area contributed by atoms with Crippen LogP contribution in [0.2, 0.25) is 0 Å². The van der Waals surface area contributed by atoms with Gasteiger partial charge in [0.05, 0.1) is 6.54 Å². The van der Waals surface area contributed by atoms with E-state index >= 15 is 0 Å². The number of likely N-dealkylation sites (N-methyl/N-ethyl adjacent to an activating group) is 1. The zero-order valence-corrected chi connectivity index (χ0v) is 16.4. The number of ether oxygens (including phenoxy) is 1. The third-order valence-corrected chi connectivity index (χ3v) is 6.21. The average Bonchev–Trinajstić information content (AvgIpc) is 3.26. The maximum atomic E-state index is 12.4. The number of anilines is 1. The molecule has 3 aliphatic heterocycles. The number of nitrogens with zero attached hydrogens (tertiary/aromatic N) is 6. The largest absolute Gasteiger partial charge is 0.441 e. The highest BCUT2D eigenvalue weighted by Crippen LogP contribution is 2.34. The van der Waals surface area contributed by atoms with E-state index in [9.17, 15) is 4.79 Å². The zero-order valence-electron chi connectivity index (χ0n) is 16.4. The fourth-order valence-corrected chi connectivity index (χ4v) is 4.39. The Morgan fingerprint density at radius 3 is 2.59 bits per heavy atom. The highest BCUT2D eigenvalue weighted by Gasteiger charge is 2.47. The second-order valence-corrected chi connectivity index (χ2v) is 8.22. The predicted octanol–water partition coefficient (Wildman–Crippen LogP) is 0.904. The minimum Gasteiger partial charge on any atom is -0.441 e. The van der Waals surface area contributed by atoms with Crippen molar-refractivity contribution >= 4 is 12.0 Å². The minimum atomic E-state index is -0.334. The Labute approximate surface area is 161 Å². The van der Waals surface area contributed by atoms with Gasteiger partial charge in [0.15, 0.2) is 0 Å². The van der Waals surface area contributed by atoms with Crippen molar-refractivity contribution in [1.29, 1.82) is 0 Å². The molecule has 27 heavy (non-hydrogen) atoms. The highest BCUT2D eigenvalue weighted by atomic mass is 16.6. The monoisotopic (exact) mass is 374 g/mol. The van der Waals surface area contributed by atoms with Crippen LogP contribution >= 0.6 is 0 Å². The molecular weight excluding hydrogens is 344 g/mol. The third kappa shape index (κ3) is 4.01. The molecule has 0 unspecified atom stereocenters. The van der Waals surface area contributed by atoms with Crippen LogP contribution in [0, 0.1) is 0 Å². The summed E-state index contributed by atoms with van der Waals surface area (Å²) in [5, 5.41) is 0. The van der Waals surface area contributed by atoms with E-state index in [-0.39, 0.29) is 11.7 Å². The lowest BCUT2D eigenvalue weighted by molar-refractivity contribution is 0.0364. The normalized spacial score (nSPS) is 25.6. The van der Waals surface area contributed by atoms with Crippen molar-refractivity contribution in [2.75, 3.05) is 64.8 Å². The number of piperidine rings is 1. The molecular formula is C19H30N6O2. The molecule has 0 N–H and O–H groups in total. The maximum Gasteiger partial charge on any atom is 0.410 e. The third-order valence-electron chi connectivity index (χ3n) is 6.21. The SMILES string of the molecule is CN(C)[C@@H]1CCN(CCN2CC3(CCN(c4ncccn4)CC3)OC2=O)C1. The molecule has 4 rings (SSSR count). The van der Waals surface area contributed by atoms with Gasteiger partial charge in [-0.2, -0.15) is 0 Å². The molecule has 148 valence electrons. The van der Waals surface area contributed by atoms with Gasteiger partial charge in [0, 0.05) is 64.0 Å². The van der Waals surface area contributed by atoms with Crippen LogP contribution in [0.4, 0.5) is 10.7 Å². The van der Waals surface area contributed by atoms with E-state index in [1.54, 1.807) is 12.4 Å². The summed E-state index contributed by atoms with van der Waals surface area (Å²) in [6, 6.07) is 2.46. The molecule has 4 heterocycles. The number of carbonyl (C=O) groups is 1. The van der Waals surface area contributed by atoms with Gasteiger partial charge in [-0.25, -0.2) is 14.8 Å². The molecule has 0 aromatic carbocycles. The van der Waals surface area contributed by atoms with Crippen LogP contribution < -0.4 is 4.90 Å². The first-order valence-corrected chi connectivity index (χ1v) is 9.93. The molecule has 1 spiro atoms. The predicted molar refractivity (Wildman–Crippen MR) is 103 cm³/mol. The summed E-state index contributed by atoms with van der Waals surface area (Å²) < 4.78 is 5.85. The summed E-state index contributed by atoms with van der Waals surface area (Å²) in [7, 11) is 4.28. The minimum absolute atomic E-state index is 0.150. The molecule has 1 aromatic heterocycles. The fraction of sp³-hybridized carbons (Fsp3) is 0.737. The molecule has 0 saturated carbocycles. The summed E-state index contributed by atoms with van der Waals surface area (Å²) in [5.74, 6) is 0.762. The van der Waals surface area contributed by atoms with Crippen LogP contribution in [0.3, 0.4) is 0 Å². The van der Waals surface area contributed by atoms with Crippen LogP contribution in [0.15, 0.2) is 18.5 Å². The Morgan fingerprint density at radius 2 is 1.93 bits per heavy atom.